The van der Waals surface area contributed by atoms with E-state index in [2.05, 4.69) is 51.5 Å². The molecule has 3 aromatic carbocycles. The van der Waals surface area contributed by atoms with Crippen LogP contribution in [0.2, 0.25) is 0 Å². The molecule has 2 aliphatic rings. The topological polar surface area (TPSA) is 85.4 Å². The second-order valence-electron chi connectivity index (χ2n) is 11.5. The molecule has 1 saturated heterocycles. The number of aromatic nitrogens is 1. The van der Waals surface area contributed by atoms with Crippen molar-refractivity contribution in [2.75, 3.05) is 40.6 Å². The van der Waals surface area contributed by atoms with Crippen molar-refractivity contribution >= 4 is 17.2 Å². The summed E-state index contributed by atoms with van der Waals surface area (Å²) in [4.78, 5) is 22.7. The molecule has 2 aliphatic heterocycles. The van der Waals surface area contributed by atoms with Crippen molar-refractivity contribution in [1.82, 2.24) is 20.1 Å². The molecular formula is C35H40N4O5S. The van der Waals surface area contributed by atoms with E-state index in [1.54, 1.807) is 14.2 Å². The zero-order chi connectivity index (χ0) is 31.0. The van der Waals surface area contributed by atoms with Gasteiger partial charge in [-0.05, 0) is 60.2 Å². The van der Waals surface area contributed by atoms with Gasteiger partial charge in [0.1, 0.15) is 10.7 Å². The van der Waals surface area contributed by atoms with Gasteiger partial charge in [-0.25, -0.2) is 4.98 Å². The molecule has 1 N–H and O–H groups in total. The summed E-state index contributed by atoms with van der Waals surface area (Å²) in [6.07, 6.45) is 2.69. The minimum Gasteiger partial charge on any atom is -0.493 e. The first-order valence-corrected chi connectivity index (χ1v) is 16.3. The van der Waals surface area contributed by atoms with Gasteiger partial charge in [0.25, 0.3) is 5.91 Å². The highest BCUT2D eigenvalue weighted by Crippen LogP contribution is 2.33. The molecule has 10 heteroatoms. The summed E-state index contributed by atoms with van der Waals surface area (Å²) in [5.41, 5.74) is 4.09. The number of fused-ring (bicyclic) bond motifs is 1. The number of carbonyl (C=O) groups excluding carboxylic acids is 1. The highest BCUT2D eigenvalue weighted by molar-refractivity contribution is 7.09. The van der Waals surface area contributed by atoms with Gasteiger partial charge >= 0.3 is 0 Å². The van der Waals surface area contributed by atoms with Gasteiger partial charge in [0.2, 0.25) is 6.79 Å². The van der Waals surface area contributed by atoms with E-state index in [0.717, 1.165) is 78.8 Å². The van der Waals surface area contributed by atoms with Gasteiger partial charge < -0.3 is 24.3 Å². The molecule has 1 fully saturated rings. The average molecular weight is 629 g/mol. The summed E-state index contributed by atoms with van der Waals surface area (Å²) in [5, 5.41) is 6.02. The molecule has 9 nitrogen and oxygen atoms in total. The second-order valence-corrected chi connectivity index (χ2v) is 12.4. The Morgan fingerprint density at radius 2 is 1.71 bits per heavy atom. The van der Waals surface area contributed by atoms with E-state index in [4.69, 9.17) is 23.9 Å². The number of nitrogens with one attached hydrogen (secondary N) is 1. The Kier molecular flexibility index (Phi) is 10.1. The van der Waals surface area contributed by atoms with E-state index in [1.165, 1.54) is 16.9 Å². The fourth-order valence-corrected chi connectivity index (χ4v) is 6.67. The van der Waals surface area contributed by atoms with Crippen molar-refractivity contribution in [2.24, 2.45) is 0 Å². The maximum Gasteiger partial charge on any atom is 0.270 e. The third kappa shape index (κ3) is 8.13. The monoisotopic (exact) mass is 628 g/mol. The molecule has 6 rings (SSSR count). The van der Waals surface area contributed by atoms with E-state index in [0.29, 0.717) is 24.5 Å². The number of ether oxygens (including phenoxy) is 4. The number of hydrogen-bond donors (Lipinski definition) is 1. The number of nitrogens with zero attached hydrogens (tertiary/aromatic N) is 3. The third-order valence-corrected chi connectivity index (χ3v) is 9.16. The summed E-state index contributed by atoms with van der Waals surface area (Å²) in [5.74, 6) is 2.88. The smallest absolute Gasteiger partial charge is 0.270 e. The van der Waals surface area contributed by atoms with Crippen LogP contribution in [0.15, 0.2) is 72.1 Å². The molecule has 0 aliphatic carbocycles. The number of carbonyl (C=O) groups is 1. The first kappa shape index (κ1) is 30.9. The van der Waals surface area contributed by atoms with Gasteiger partial charge in [0.15, 0.2) is 23.0 Å². The van der Waals surface area contributed by atoms with Gasteiger partial charge in [0.05, 0.1) is 20.8 Å². The van der Waals surface area contributed by atoms with E-state index in [-0.39, 0.29) is 18.7 Å². The highest BCUT2D eigenvalue weighted by atomic mass is 32.1. The molecule has 236 valence electrons. The Morgan fingerprint density at radius 3 is 2.51 bits per heavy atom. The van der Waals surface area contributed by atoms with Crippen molar-refractivity contribution in [1.29, 1.82) is 0 Å². The molecule has 0 saturated carbocycles. The van der Waals surface area contributed by atoms with Crippen molar-refractivity contribution in [3.63, 3.8) is 0 Å². The van der Waals surface area contributed by atoms with Crippen LogP contribution in [0.5, 0.6) is 23.0 Å². The lowest BCUT2D eigenvalue weighted by molar-refractivity contribution is 0.0904. The standard InChI is InChI=1S/C35H40N4O5S/c1-41-30-10-8-25(18-32(30)42-2)12-15-39(21-27-9-11-31-33(19-27)44-24-43-31)22-34-37-29(23-45-34)35(40)36-28-13-16-38(17-14-28)20-26-6-4-3-5-7-26/h3-11,18-19,23,28H,12-17,20-22,24H2,1-2H3,(H,36,40). The molecule has 3 heterocycles. The lowest BCUT2D eigenvalue weighted by Gasteiger charge is -2.32. The Hall–Kier alpha value is -4.12. The average Bonchev–Trinajstić information content (AvgIpc) is 3.74. The van der Waals surface area contributed by atoms with E-state index >= 15 is 0 Å². The number of likely N-dealkylation sites (tertiary alicyclic amines) is 1. The maximum absolute atomic E-state index is 13.2. The molecule has 0 atom stereocenters. The zero-order valence-corrected chi connectivity index (χ0v) is 26.7. The lowest BCUT2D eigenvalue weighted by atomic mass is 10.0. The van der Waals surface area contributed by atoms with Crippen LogP contribution in [-0.4, -0.2) is 67.4 Å². The molecule has 0 spiro atoms. The number of rotatable bonds is 13. The fraction of sp³-hybridized carbons (Fsp3) is 0.371. The van der Waals surface area contributed by atoms with Gasteiger partial charge in [-0.1, -0.05) is 42.5 Å². The Bertz CT molecular complexity index is 1570. The van der Waals surface area contributed by atoms with Crippen molar-refractivity contribution in [2.45, 2.75) is 44.9 Å². The first-order chi connectivity index (χ1) is 22.1. The van der Waals surface area contributed by atoms with E-state index in [9.17, 15) is 4.79 Å². The van der Waals surface area contributed by atoms with Crippen LogP contribution in [0.4, 0.5) is 0 Å². The SMILES string of the molecule is COc1ccc(CCN(Cc2ccc3c(c2)OCO3)Cc2nc(C(=O)NC3CCN(Cc4ccccc4)CC3)cs2)cc1OC. The van der Waals surface area contributed by atoms with Crippen LogP contribution in [0.3, 0.4) is 0 Å². The van der Waals surface area contributed by atoms with Crippen LogP contribution in [0.1, 0.15) is 45.0 Å². The van der Waals surface area contributed by atoms with Crippen molar-refractivity contribution < 1.29 is 23.7 Å². The molecule has 0 unspecified atom stereocenters. The van der Waals surface area contributed by atoms with Crippen LogP contribution in [0, 0.1) is 0 Å². The Morgan fingerprint density at radius 1 is 0.933 bits per heavy atom. The number of amides is 1. The lowest BCUT2D eigenvalue weighted by Crippen LogP contribution is -2.44. The molecule has 0 bridgehead atoms. The minimum absolute atomic E-state index is 0.0911. The van der Waals surface area contributed by atoms with E-state index < -0.39 is 0 Å². The van der Waals surface area contributed by atoms with E-state index in [1.807, 2.05) is 35.7 Å². The minimum atomic E-state index is -0.0911. The number of thiazole rings is 1. The molecule has 1 aromatic heterocycles. The highest BCUT2D eigenvalue weighted by Gasteiger charge is 2.23. The quantitative estimate of drug-likeness (QED) is 0.207. The summed E-state index contributed by atoms with van der Waals surface area (Å²) < 4.78 is 22.0. The number of benzene rings is 3. The first-order valence-electron chi connectivity index (χ1n) is 15.4. The summed E-state index contributed by atoms with van der Waals surface area (Å²) in [6, 6.07) is 22.8. The third-order valence-electron chi connectivity index (χ3n) is 8.32. The number of piperidine rings is 1. The van der Waals surface area contributed by atoms with Gasteiger partial charge in [-0.3, -0.25) is 14.6 Å². The van der Waals surface area contributed by atoms with Gasteiger partial charge in [0, 0.05) is 44.1 Å². The van der Waals surface area contributed by atoms with Crippen molar-refractivity contribution in [3.05, 3.63) is 99.5 Å². The van der Waals surface area contributed by atoms with Crippen LogP contribution < -0.4 is 24.3 Å². The van der Waals surface area contributed by atoms with Crippen LogP contribution in [0.25, 0.3) is 0 Å². The van der Waals surface area contributed by atoms with Crippen LogP contribution >= 0.6 is 11.3 Å². The Labute approximate surface area is 268 Å². The maximum atomic E-state index is 13.2. The summed E-state index contributed by atoms with van der Waals surface area (Å²) in [6.45, 7) is 5.25. The predicted molar refractivity (Wildman–Crippen MR) is 174 cm³/mol. The summed E-state index contributed by atoms with van der Waals surface area (Å²) in [7, 11) is 3.29. The molecule has 4 aromatic rings. The van der Waals surface area contributed by atoms with Gasteiger partial charge in [-0.15, -0.1) is 11.3 Å². The van der Waals surface area contributed by atoms with Crippen molar-refractivity contribution in [3.8, 4) is 23.0 Å². The second kappa shape index (κ2) is 14.8. The molecule has 0 radical (unpaired) electrons. The molecular weight excluding hydrogens is 588 g/mol. The predicted octanol–water partition coefficient (Wildman–Crippen LogP) is 5.53. The zero-order valence-electron chi connectivity index (χ0n) is 25.9. The normalized spacial score (nSPS) is 14.9. The molecule has 1 amide bonds. The van der Waals surface area contributed by atoms with Gasteiger partial charge in [-0.2, -0.15) is 0 Å². The number of hydrogen-bond acceptors (Lipinski definition) is 9. The van der Waals surface area contributed by atoms with Crippen LogP contribution in [-0.2, 0) is 26.1 Å². The fourth-order valence-electron chi connectivity index (χ4n) is 5.85. The number of methoxy groups -OCH3 is 2. The largest absolute Gasteiger partial charge is 0.493 e. The summed E-state index contributed by atoms with van der Waals surface area (Å²) >= 11 is 1.53. The Balaban J connectivity index is 1.07. The molecule has 45 heavy (non-hydrogen) atoms.